The minimum Gasteiger partial charge on any atom is -0.372 e. The SMILES string of the molecule is c1ccc2c(c1)CN(C[C@@H]1CO1)C2. The van der Waals surface area contributed by atoms with Crippen LogP contribution in [0, 0.1) is 0 Å². The van der Waals surface area contributed by atoms with E-state index in [-0.39, 0.29) is 0 Å². The van der Waals surface area contributed by atoms with Gasteiger partial charge in [-0.25, -0.2) is 0 Å². The summed E-state index contributed by atoms with van der Waals surface area (Å²) in [5, 5.41) is 0. The van der Waals surface area contributed by atoms with Crippen LogP contribution in [-0.2, 0) is 17.8 Å². The van der Waals surface area contributed by atoms with E-state index < -0.39 is 0 Å². The standard InChI is InChI=1S/C11H13NO/c1-2-4-10-6-12(5-9(10)3-1)7-11-8-13-11/h1-4,11H,5-8H2/t11-/m1/s1. The summed E-state index contributed by atoms with van der Waals surface area (Å²) in [5.41, 5.74) is 2.98. The van der Waals surface area contributed by atoms with Gasteiger partial charge < -0.3 is 4.74 Å². The van der Waals surface area contributed by atoms with Crippen molar-refractivity contribution in [1.82, 2.24) is 4.90 Å². The van der Waals surface area contributed by atoms with E-state index in [9.17, 15) is 0 Å². The summed E-state index contributed by atoms with van der Waals surface area (Å²) in [5.74, 6) is 0. The fourth-order valence-electron chi connectivity index (χ4n) is 1.99. The molecule has 13 heavy (non-hydrogen) atoms. The summed E-state index contributed by atoms with van der Waals surface area (Å²) in [7, 11) is 0. The first kappa shape index (κ1) is 7.54. The van der Waals surface area contributed by atoms with E-state index in [2.05, 4.69) is 29.2 Å². The molecule has 0 aliphatic carbocycles. The molecular formula is C11H13NO. The lowest BCUT2D eigenvalue weighted by Crippen LogP contribution is -2.21. The number of epoxide rings is 1. The number of fused-ring (bicyclic) bond motifs is 1. The lowest BCUT2D eigenvalue weighted by molar-refractivity contribution is 0.248. The van der Waals surface area contributed by atoms with Crippen molar-refractivity contribution in [3.05, 3.63) is 35.4 Å². The van der Waals surface area contributed by atoms with Gasteiger partial charge in [0.15, 0.2) is 0 Å². The Morgan fingerprint density at radius 3 is 2.38 bits per heavy atom. The highest BCUT2D eigenvalue weighted by molar-refractivity contribution is 5.30. The Hall–Kier alpha value is -0.860. The highest BCUT2D eigenvalue weighted by Crippen LogP contribution is 2.24. The predicted molar refractivity (Wildman–Crippen MR) is 50.3 cm³/mol. The minimum absolute atomic E-state index is 0.523. The third kappa shape index (κ3) is 1.47. The second-order valence-electron chi connectivity index (χ2n) is 3.89. The summed E-state index contributed by atoms with van der Waals surface area (Å²) in [6.07, 6.45) is 0.523. The van der Waals surface area contributed by atoms with E-state index in [0.29, 0.717) is 6.10 Å². The molecule has 1 fully saturated rings. The van der Waals surface area contributed by atoms with Crippen LogP contribution in [0.5, 0.6) is 0 Å². The molecule has 0 radical (unpaired) electrons. The van der Waals surface area contributed by atoms with Gasteiger partial charge in [0.25, 0.3) is 0 Å². The van der Waals surface area contributed by atoms with E-state index in [1.165, 1.54) is 11.1 Å². The van der Waals surface area contributed by atoms with E-state index >= 15 is 0 Å². The van der Waals surface area contributed by atoms with Crippen molar-refractivity contribution in [1.29, 1.82) is 0 Å². The zero-order chi connectivity index (χ0) is 8.67. The molecule has 0 unspecified atom stereocenters. The molecule has 1 aromatic rings. The molecule has 0 N–H and O–H groups in total. The molecule has 0 bridgehead atoms. The third-order valence-electron chi connectivity index (χ3n) is 2.77. The summed E-state index contributed by atoms with van der Waals surface area (Å²) < 4.78 is 5.23. The molecule has 2 heterocycles. The molecule has 2 aliphatic heterocycles. The van der Waals surface area contributed by atoms with Gasteiger partial charge in [0, 0.05) is 19.6 Å². The summed E-state index contributed by atoms with van der Waals surface area (Å²) in [4.78, 5) is 2.46. The lowest BCUT2D eigenvalue weighted by Gasteiger charge is -2.11. The van der Waals surface area contributed by atoms with Crippen molar-refractivity contribution in [2.24, 2.45) is 0 Å². The first-order valence-corrected chi connectivity index (χ1v) is 4.82. The molecule has 2 nitrogen and oxygen atoms in total. The van der Waals surface area contributed by atoms with E-state index in [0.717, 1.165) is 26.2 Å². The van der Waals surface area contributed by atoms with Crippen LogP contribution in [0.15, 0.2) is 24.3 Å². The molecule has 0 amide bonds. The lowest BCUT2D eigenvalue weighted by atomic mass is 10.1. The number of ether oxygens (including phenoxy) is 1. The topological polar surface area (TPSA) is 15.8 Å². The van der Waals surface area contributed by atoms with Crippen LogP contribution in [-0.4, -0.2) is 24.2 Å². The zero-order valence-electron chi connectivity index (χ0n) is 7.57. The molecule has 0 aromatic heterocycles. The molecule has 2 aliphatic rings. The van der Waals surface area contributed by atoms with Crippen LogP contribution in [0.3, 0.4) is 0 Å². The van der Waals surface area contributed by atoms with Crippen molar-refractivity contribution in [3.63, 3.8) is 0 Å². The number of hydrogen-bond acceptors (Lipinski definition) is 2. The Morgan fingerprint density at radius 1 is 1.23 bits per heavy atom. The monoisotopic (exact) mass is 175 g/mol. The first-order chi connectivity index (χ1) is 6.42. The van der Waals surface area contributed by atoms with E-state index in [1.54, 1.807) is 0 Å². The summed E-state index contributed by atoms with van der Waals surface area (Å²) >= 11 is 0. The fraction of sp³-hybridized carbons (Fsp3) is 0.455. The number of hydrogen-bond donors (Lipinski definition) is 0. The average molecular weight is 175 g/mol. The highest BCUT2D eigenvalue weighted by Gasteiger charge is 2.28. The van der Waals surface area contributed by atoms with Gasteiger partial charge >= 0.3 is 0 Å². The molecule has 0 saturated carbocycles. The Bertz CT molecular complexity index is 295. The van der Waals surface area contributed by atoms with Gasteiger partial charge in [-0.2, -0.15) is 0 Å². The molecule has 68 valence electrons. The quantitative estimate of drug-likeness (QED) is 0.631. The molecule has 0 spiro atoms. The van der Waals surface area contributed by atoms with Crippen molar-refractivity contribution in [3.8, 4) is 0 Å². The third-order valence-corrected chi connectivity index (χ3v) is 2.77. The van der Waals surface area contributed by atoms with Gasteiger partial charge in [0.2, 0.25) is 0 Å². The molecular weight excluding hydrogens is 162 g/mol. The van der Waals surface area contributed by atoms with Crippen LogP contribution in [0.25, 0.3) is 0 Å². The van der Waals surface area contributed by atoms with Gasteiger partial charge in [-0.3, -0.25) is 4.90 Å². The molecule has 1 atom stereocenters. The largest absolute Gasteiger partial charge is 0.372 e. The average Bonchev–Trinajstić information content (AvgIpc) is 2.85. The van der Waals surface area contributed by atoms with Crippen LogP contribution < -0.4 is 0 Å². The highest BCUT2D eigenvalue weighted by atomic mass is 16.6. The number of nitrogens with zero attached hydrogens (tertiary/aromatic N) is 1. The second kappa shape index (κ2) is 2.82. The minimum atomic E-state index is 0.523. The maximum absolute atomic E-state index is 5.23. The normalized spacial score (nSPS) is 26.0. The Balaban J connectivity index is 1.73. The Kier molecular flexibility index (Phi) is 1.64. The fourth-order valence-corrected chi connectivity index (χ4v) is 1.99. The van der Waals surface area contributed by atoms with Gasteiger partial charge in [0.05, 0.1) is 12.7 Å². The number of benzene rings is 1. The molecule has 1 saturated heterocycles. The van der Waals surface area contributed by atoms with E-state index in [4.69, 9.17) is 4.74 Å². The zero-order valence-corrected chi connectivity index (χ0v) is 7.57. The van der Waals surface area contributed by atoms with Crippen LogP contribution in [0.1, 0.15) is 11.1 Å². The maximum atomic E-state index is 5.23. The van der Waals surface area contributed by atoms with Gasteiger partial charge in [0.1, 0.15) is 0 Å². The van der Waals surface area contributed by atoms with Crippen LogP contribution in [0.4, 0.5) is 0 Å². The molecule has 3 rings (SSSR count). The van der Waals surface area contributed by atoms with Crippen molar-refractivity contribution in [2.75, 3.05) is 13.2 Å². The van der Waals surface area contributed by atoms with Crippen molar-refractivity contribution in [2.45, 2.75) is 19.2 Å². The van der Waals surface area contributed by atoms with Crippen LogP contribution in [0.2, 0.25) is 0 Å². The summed E-state index contributed by atoms with van der Waals surface area (Å²) in [6.45, 7) is 4.29. The van der Waals surface area contributed by atoms with Gasteiger partial charge in [-0.15, -0.1) is 0 Å². The molecule has 1 aromatic carbocycles. The first-order valence-electron chi connectivity index (χ1n) is 4.82. The van der Waals surface area contributed by atoms with E-state index in [1.807, 2.05) is 0 Å². The van der Waals surface area contributed by atoms with Crippen molar-refractivity contribution >= 4 is 0 Å². The van der Waals surface area contributed by atoms with Crippen LogP contribution >= 0.6 is 0 Å². The predicted octanol–water partition coefficient (Wildman–Crippen LogP) is 1.40. The maximum Gasteiger partial charge on any atom is 0.0936 e. The summed E-state index contributed by atoms with van der Waals surface area (Å²) in [6, 6.07) is 8.69. The van der Waals surface area contributed by atoms with Gasteiger partial charge in [-0.05, 0) is 11.1 Å². The number of rotatable bonds is 2. The van der Waals surface area contributed by atoms with Crippen molar-refractivity contribution < 1.29 is 4.74 Å². The second-order valence-corrected chi connectivity index (χ2v) is 3.89. The van der Waals surface area contributed by atoms with Gasteiger partial charge in [-0.1, -0.05) is 24.3 Å². The smallest absolute Gasteiger partial charge is 0.0936 e. The Morgan fingerprint density at radius 2 is 1.85 bits per heavy atom. The Labute approximate surface area is 78.1 Å². The molecule has 2 heteroatoms.